The van der Waals surface area contributed by atoms with Crippen LogP contribution in [0.5, 0.6) is 5.75 Å². The molecule has 0 aliphatic rings. The first-order valence-corrected chi connectivity index (χ1v) is 7.81. The maximum Gasteiger partial charge on any atom is 0.262 e. The van der Waals surface area contributed by atoms with Gasteiger partial charge in [0.25, 0.3) is 10.0 Å². The first-order valence-electron chi connectivity index (χ1n) is 5.57. The van der Waals surface area contributed by atoms with Gasteiger partial charge < -0.3 is 5.11 Å². The molecule has 0 saturated carbocycles. The smallest absolute Gasteiger partial charge is 0.262 e. The summed E-state index contributed by atoms with van der Waals surface area (Å²) in [7, 11) is -3.84. The molecule has 0 bridgehead atoms. The van der Waals surface area contributed by atoms with Crippen molar-refractivity contribution in [2.45, 2.75) is 11.8 Å². The van der Waals surface area contributed by atoms with Crippen LogP contribution >= 0.6 is 23.2 Å². The predicted molar refractivity (Wildman–Crippen MR) is 80.1 cm³/mol. The number of benzene rings is 2. The molecule has 2 aromatic carbocycles. The van der Waals surface area contributed by atoms with Crippen molar-refractivity contribution in [3.63, 3.8) is 0 Å². The second-order valence-electron chi connectivity index (χ2n) is 4.18. The third-order valence-electron chi connectivity index (χ3n) is 2.66. The van der Waals surface area contributed by atoms with E-state index >= 15 is 0 Å². The van der Waals surface area contributed by atoms with Crippen molar-refractivity contribution in [2.75, 3.05) is 4.72 Å². The molecular weight excluding hydrogens is 321 g/mol. The summed E-state index contributed by atoms with van der Waals surface area (Å²) in [6.07, 6.45) is 0. The number of anilines is 1. The van der Waals surface area contributed by atoms with Crippen LogP contribution in [0.4, 0.5) is 5.69 Å². The molecule has 0 saturated heterocycles. The largest absolute Gasteiger partial charge is 0.506 e. The number of phenolic OH excluding ortho intramolecular Hbond substituents is 1. The molecule has 0 radical (unpaired) electrons. The van der Waals surface area contributed by atoms with E-state index in [0.717, 1.165) is 5.56 Å². The Kier molecular flexibility index (Phi) is 4.13. The molecule has 20 heavy (non-hydrogen) atoms. The summed E-state index contributed by atoms with van der Waals surface area (Å²) in [5, 5.41) is 10.3. The van der Waals surface area contributed by atoms with E-state index in [9.17, 15) is 13.5 Å². The van der Waals surface area contributed by atoms with Crippen LogP contribution in [0.3, 0.4) is 0 Å². The summed E-state index contributed by atoms with van der Waals surface area (Å²) < 4.78 is 26.7. The average Bonchev–Trinajstić information content (AvgIpc) is 2.36. The maximum absolute atomic E-state index is 12.2. The monoisotopic (exact) mass is 331 g/mol. The lowest BCUT2D eigenvalue weighted by molar-refractivity contribution is 0.477. The maximum atomic E-state index is 12.2. The number of phenols is 1. The van der Waals surface area contributed by atoms with Gasteiger partial charge in [-0.1, -0.05) is 29.3 Å². The summed E-state index contributed by atoms with van der Waals surface area (Å²) in [5.41, 5.74) is 0.783. The average molecular weight is 332 g/mol. The van der Waals surface area contributed by atoms with Crippen molar-refractivity contribution in [3.05, 3.63) is 52.0 Å². The third kappa shape index (κ3) is 3.17. The van der Waals surface area contributed by atoms with Crippen LogP contribution in [0.25, 0.3) is 0 Å². The number of nitrogens with one attached hydrogen (secondary N) is 1. The second kappa shape index (κ2) is 5.52. The van der Waals surface area contributed by atoms with Crippen LogP contribution in [-0.2, 0) is 10.0 Å². The first-order chi connectivity index (χ1) is 9.29. The third-order valence-corrected chi connectivity index (χ3v) is 4.66. The van der Waals surface area contributed by atoms with Crippen LogP contribution in [0.1, 0.15) is 5.56 Å². The zero-order valence-electron chi connectivity index (χ0n) is 10.4. The lowest BCUT2D eigenvalue weighted by atomic mass is 10.2. The number of rotatable bonds is 3. The minimum Gasteiger partial charge on any atom is -0.506 e. The van der Waals surface area contributed by atoms with Gasteiger partial charge >= 0.3 is 0 Å². The van der Waals surface area contributed by atoms with Crippen LogP contribution in [0.15, 0.2) is 41.3 Å². The quantitative estimate of drug-likeness (QED) is 0.840. The molecule has 106 valence electrons. The second-order valence-corrected chi connectivity index (χ2v) is 6.70. The molecule has 0 aromatic heterocycles. The van der Waals surface area contributed by atoms with Gasteiger partial charge in [-0.25, -0.2) is 8.42 Å². The van der Waals surface area contributed by atoms with E-state index in [0.29, 0.717) is 10.0 Å². The molecule has 0 fully saturated rings. The SMILES string of the molecule is Cc1ccc(S(=O)(=O)Nc2cc(Cl)ccc2O)cc1Cl. The Hall–Kier alpha value is -1.43. The zero-order valence-corrected chi connectivity index (χ0v) is 12.7. The number of sulfonamides is 1. The molecule has 0 spiro atoms. The summed E-state index contributed by atoms with van der Waals surface area (Å²) in [6, 6.07) is 8.48. The molecule has 2 rings (SSSR count). The Morgan fingerprint density at radius 1 is 1.10 bits per heavy atom. The van der Waals surface area contributed by atoms with Crippen LogP contribution in [0, 0.1) is 6.92 Å². The van der Waals surface area contributed by atoms with Crippen LogP contribution in [0.2, 0.25) is 10.0 Å². The number of hydrogen-bond donors (Lipinski definition) is 2. The summed E-state index contributed by atoms with van der Waals surface area (Å²) in [6.45, 7) is 1.77. The molecule has 7 heteroatoms. The molecule has 2 aromatic rings. The molecule has 0 amide bonds. The topological polar surface area (TPSA) is 66.4 Å². The fourth-order valence-corrected chi connectivity index (χ4v) is 3.04. The Bertz CT molecular complexity index is 760. The molecule has 4 nitrogen and oxygen atoms in total. The number of aromatic hydroxyl groups is 1. The first kappa shape index (κ1) is 15.0. The van der Waals surface area contributed by atoms with Gasteiger partial charge in [0.2, 0.25) is 0 Å². The highest BCUT2D eigenvalue weighted by atomic mass is 35.5. The van der Waals surface area contributed by atoms with Gasteiger partial charge in [0, 0.05) is 10.0 Å². The van der Waals surface area contributed by atoms with E-state index in [2.05, 4.69) is 4.72 Å². The molecule has 0 heterocycles. The zero-order chi connectivity index (χ0) is 14.9. The van der Waals surface area contributed by atoms with Gasteiger partial charge in [-0.3, -0.25) is 4.72 Å². The Morgan fingerprint density at radius 2 is 1.80 bits per heavy atom. The summed E-state index contributed by atoms with van der Waals surface area (Å²) in [4.78, 5) is 0.00692. The van der Waals surface area contributed by atoms with E-state index in [1.807, 2.05) is 0 Å². The Labute approximate surface area is 127 Å². The lowest BCUT2D eigenvalue weighted by Gasteiger charge is -2.10. The molecule has 0 aliphatic carbocycles. The number of halogens is 2. The van der Waals surface area contributed by atoms with Crippen molar-refractivity contribution in [1.29, 1.82) is 0 Å². The standard InChI is InChI=1S/C13H11Cl2NO3S/c1-8-2-4-10(7-11(8)15)20(18,19)16-12-6-9(14)3-5-13(12)17/h2-7,16-17H,1H3. The van der Waals surface area contributed by atoms with E-state index in [1.165, 1.54) is 30.3 Å². The summed E-state index contributed by atoms with van der Waals surface area (Å²) >= 11 is 11.7. The van der Waals surface area contributed by atoms with Crippen LogP contribution < -0.4 is 4.72 Å². The van der Waals surface area contributed by atoms with Gasteiger partial charge in [-0.2, -0.15) is 0 Å². The molecule has 0 aliphatic heterocycles. The minimum atomic E-state index is -3.84. The minimum absolute atomic E-state index is 0.00692. The molecular formula is C13H11Cl2NO3S. The Morgan fingerprint density at radius 3 is 2.45 bits per heavy atom. The highest BCUT2D eigenvalue weighted by Gasteiger charge is 2.17. The van der Waals surface area contributed by atoms with Crippen molar-refractivity contribution < 1.29 is 13.5 Å². The number of aryl methyl sites for hydroxylation is 1. The van der Waals surface area contributed by atoms with E-state index in [1.54, 1.807) is 13.0 Å². The predicted octanol–water partition coefficient (Wildman–Crippen LogP) is 3.81. The fourth-order valence-electron chi connectivity index (χ4n) is 1.53. The van der Waals surface area contributed by atoms with E-state index in [-0.39, 0.29) is 16.3 Å². The normalized spacial score (nSPS) is 11.3. The van der Waals surface area contributed by atoms with Gasteiger partial charge in [0.05, 0.1) is 10.6 Å². The van der Waals surface area contributed by atoms with E-state index in [4.69, 9.17) is 23.2 Å². The fraction of sp³-hybridized carbons (Fsp3) is 0.0769. The highest BCUT2D eigenvalue weighted by molar-refractivity contribution is 7.92. The van der Waals surface area contributed by atoms with Gasteiger partial charge in [0.15, 0.2) is 0 Å². The van der Waals surface area contributed by atoms with Gasteiger partial charge in [-0.05, 0) is 42.8 Å². The molecule has 0 atom stereocenters. The van der Waals surface area contributed by atoms with Gasteiger partial charge in [0.1, 0.15) is 5.75 Å². The van der Waals surface area contributed by atoms with E-state index < -0.39 is 10.0 Å². The van der Waals surface area contributed by atoms with Gasteiger partial charge in [-0.15, -0.1) is 0 Å². The lowest BCUT2D eigenvalue weighted by Crippen LogP contribution is -2.13. The van der Waals surface area contributed by atoms with Crippen molar-refractivity contribution in [2.24, 2.45) is 0 Å². The van der Waals surface area contributed by atoms with Crippen molar-refractivity contribution >= 4 is 38.9 Å². The molecule has 2 N–H and O–H groups in total. The highest BCUT2D eigenvalue weighted by Crippen LogP contribution is 2.29. The van der Waals surface area contributed by atoms with Crippen LogP contribution in [-0.4, -0.2) is 13.5 Å². The van der Waals surface area contributed by atoms with Crippen molar-refractivity contribution in [3.8, 4) is 5.75 Å². The Balaban J connectivity index is 2.40. The number of hydrogen-bond acceptors (Lipinski definition) is 3. The summed E-state index contributed by atoms with van der Waals surface area (Å²) in [5.74, 6) is -0.212. The van der Waals surface area contributed by atoms with Crippen molar-refractivity contribution in [1.82, 2.24) is 0 Å². The molecule has 0 unspecified atom stereocenters.